The average molecular weight is 351 g/mol. The molecule has 2 saturated heterocycles. The summed E-state index contributed by atoms with van der Waals surface area (Å²) in [5.74, 6) is 0. The van der Waals surface area contributed by atoms with Gasteiger partial charge in [0.2, 0.25) is 10.0 Å². The summed E-state index contributed by atoms with van der Waals surface area (Å²) in [5, 5.41) is -0.148. The van der Waals surface area contributed by atoms with E-state index in [1.54, 1.807) is 4.31 Å². The Hall–Kier alpha value is -1.02. The molecule has 1 aromatic heterocycles. The Kier molecular flexibility index (Phi) is 4.36. The van der Waals surface area contributed by atoms with Crippen LogP contribution in [0.1, 0.15) is 30.5 Å². The van der Waals surface area contributed by atoms with Gasteiger partial charge in [-0.25, -0.2) is 8.42 Å². The summed E-state index contributed by atoms with van der Waals surface area (Å²) < 4.78 is 33.2. The van der Waals surface area contributed by atoms with Crippen LogP contribution < -0.4 is 0 Å². The van der Waals surface area contributed by atoms with Gasteiger partial charge < -0.3 is 4.74 Å². The van der Waals surface area contributed by atoms with E-state index in [9.17, 15) is 8.42 Å². The Balaban J connectivity index is 1.50. The zero-order chi connectivity index (χ0) is 16.7. The second kappa shape index (κ2) is 6.37. The Bertz CT molecular complexity index is 705. The fourth-order valence-corrected chi connectivity index (χ4v) is 5.84. The average Bonchev–Trinajstić information content (AvgIpc) is 3.42. The first-order valence-corrected chi connectivity index (χ1v) is 10.3. The van der Waals surface area contributed by atoms with E-state index in [0.717, 1.165) is 44.6 Å². The minimum Gasteiger partial charge on any atom is -0.375 e. The number of hydrogen-bond acceptors (Lipinski definition) is 5. The first-order chi connectivity index (χ1) is 11.6. The van der Waals surface area contributed by atoms with Crippen molar-refractivity contribution in [3.8, 4) is 0 Å². The smallest absolute Gasteiger partial charge is 0.217 e. The third kappa shape index (κ3) is 3.10. The molecule has 132 valence electrons. The van der Waals surface area contributed by atoms with Crippen LogP contribution in [0.2, 0.25) is 0 Å². The van der Waals surface area contributed by atoms with Crippen LogP contribution in [-0.2, 0) is 21.3 Å². The SMILES string of the molecule is Cc1cccnc1CN1CC[C@H]2OCCN(S(=O)(=O)C3CC3)[C@@H]2C1. The van der Waals surface area contributed by atoms with Crippen LogP contribution in [0.15, 0.2) is 18.3 Å². The summed E-state index contributed by atoms with van der Waals surface area (Å²) in [7, 11) is -3.15. The second-order valence-corrected chi connectivity index (χ2v) is 9.29. The van der Waals surface area contributed by atoms with Crippen molar-refractivity contribution in [2.24, 2.45) is 0 Å². The molecule has 0 amide bonds. The molecular weight excluding hydrogens is 326 g/mol. The number of aryl methyl sites for hydroxylation is 1. The molecule has 1 aliphatic carbocycles. The molecule has 6 nitrogen and oxygen atoms in total. The maximum Gasteiger partial charge on any atom is 0.217 e. The standard InChI is InChI=1S/C17H25N3O3S/c1-13-3-2-7-18-15(13)11-19-8-6-17-16(12-19)20(9-10-23-17)24(21,22)14-4-5-14/h2-3,7,14,16-17H,4-6,8-12H2,1H3/t16-,17-/m1/s1. The summed E-state index contributed by atoms with van der Waals surface area (Å²) in [6.45, 7) is 5.51. The lowest BCUT2D eigenvalue weighted by Crippen LogP contribution is -2.61. The van der Waals surface area contributed by atoms with Crippen LogP contribution in [0.25, 0.3) is 0 Å². The number of morpholine rings is 1. The van der Waals surface area contributed by atoms with Gasteiger partial charge in [-0.1, -0.05) is 6.07 Å². The number of piperidine rings is 1. The van der Waals surface area contributed by atoms with E-state index in [0.29, 0.717) is 13.2 Å². The summed E-state index contributed by atoms with van der Waals surface area (Å²) in [5.41, 5.74) is 2.26. The Morgan fingerprint density at radius 2 is 2.12 bits per heavy atom. The van der Waals surface area contributed by atoms with Gasteiger partial charge in [0, 0.05) is 32.4 Å². The van der Waals surface area contributed by atoms with Gasteiger partial charge in [0.05, 0.1) is 29.7 Å². The largest absolute Gasteiger partial charge is 0.375 e. The van der Waals surface area contributed by atoms with Crippen molar-refractivity contribution >= 4 is 10.0 Å². The van der Waals surface area contributed by atoms with Crippen LogP contribution in [-0.4, -0.2) is 66.2 Å². The summed E-state index contributed by atoms with van der Waals surface area (Å²) in [6, 6.07) is 3.97. The van der Waals surface area contributed by atoms with E-state index >= 15 is 0 Å². The molecule has 3 aliphatic rings. The van der Waals surface area contributed by atoms with Crippen molar-refractivity contribution < 1.29 is 13.2 Å². The molecule has 0 unspecified atom stereocenters. The van der Waals surface area contributed by atoms with E-state index in [-0.39, 0.29) is 17.4 Å². The lowest BCUT2D eigenvalue weighted by molar-refractivity contribution is -0.0772. The van der Waals surface area contributed by atoms with Gasteiger partial charge in [0.1, 0.15) is 0 Å². The number of sulfonamides is 1. The zero-order valence-corrected chi connectivity index (χ0v) is 14.9. The highest BCUT2D eigenvalue weighted by Gasteiger charge is 2.47. The number of aromatic nitrogens is 1. The van der Waals surface area contributed by atoms with Crippen molar-refractivity contribution in [3.05, 3.63) is 29.6 Å². The van der Waals surface area contributed by atoms with Crippen molar-refractivity contribution in [3.63, 3.8) is 0 Å². The number of nitrogens with zero attached hydrogens (tertiary/aromatic N) is 3. The predicted octanol–water partition coefficient (Wildman–Crippen LogP) is 1.16. The first kappa shape index (κ1) is 16.4. The van der Waals surface area contributed by atoms with Crippen LogP contribution in [0.3, 0.4) is 0 Å². The van der Waals surface area contributed by atoms with E-state index in [4.69, 9.17) is 4.74 Å². The fourth-order valence-electron chi connectivity index (χ4n) is 3.82. The van der Waals surface area contributed by atoms with Crippen LogP contribution in [0.5, 0.6) is 0 Å². The van der Waals surface area contributed by atoms with Crippen LogP contribution in [0.4, 0.5) is 0 Å². The quantitative estimate of drug-likeness (QED) is 0.814. The van der Waals surface area contributed by atoms with Gasteiger partial charge in [-0.15, -0.1) is 0 Å². The molecule has 1 aromatic rings. The molecule has 0 spiro atoms. The number of rotatable bonds is 4. The molecule has 3 heterocycles. The van der Waals surface area contributed by atoms with Crippen LogP contribution in [0, 0.1) is 6.92 Å². The molecule has 7 heteroatoms. The third-order valence-electron chi connectivity index (χ3n) is 5.38. The van der Waals surface area contributed by atoms with Gasteiger partial charge in [0.15, 0.2) is 0 Å². The third-order valence-corrected chi connectivity index (χ3v) is 7.80. The lowest BCUT2D eigenvalue weighted by atomic mass is 10.00. The van der Waals surface area contributed by atoms with Gasteiger partial charge in [-0.2, -0.15) is 4.31 Å². The number of ether oxygens (including phenoxy) is 1. The molecule has 3 fully saturated rings. The van der Waals surface area contributed by atoms with Gasteiger partial charge in [-0.3, -0.25) is 9.88 Å². The first-order valence-electron chi connectivity index (χ1n) is 8.81. The number of likely N-dealkylation sites (tertiary alicyclic amines) is 1. The Morgan fingerprint density at radius 3 is 2.88 bits per heavy atom. The number of hydrogen-bond donors (Lipinski definition) is 0. The van der Waals surface area contributed by atoms with Gasteiger partial charge in [0.25, 0.3) is 0 Å². The van der Waals surface area contributed by atoms with Crippen molar-refractivity contribution in [1.82, 2.24) is 14.2 Å². The van der Waals surface area contributed by atoms with Crippen LogP contribution >= 0.6 is 0 Å². The van der Waals surface area contributed by atoms with E-state index in [1.807, 2.05) is 12.3 Å². The second-order valence-electron chi connectivity index (χ2n) is 7.12. The molecule has 0 aromatic carbocycles. The highest BCUT2D eigenvalue weighted by molar-refractivity contribution is 7.90. The number of fused-ring (bicyclic) bond motifs is 1. The summed E-state index contributed by atoms with van der Waals surface area (Å²) in [4.78, 5) is 6.80. The number of pyridine rings is 1. The van der Waals surface area contributed by atoms with E-state index in [2.05, 4.69) is 22.9 Å². The zero-order valence-electron chi connectivity index (χ0n) is 14.1. The van der Waals surface area contributed by atoms with Gasteiger partial charge in [-0.05, 0) is 37.8 Å². The molecule has 1 saturated carbocycles. The monoisotopic (exact) mass is 351 g/mol. The summed E-state index contributed by atoms with van der Waals surface area (Å²) in [6.07, 6.45) is 4.37. The van der Waals surface area contributed by atoms with E-state index < -0.39 is 10.0 Å². The topological polar surface area (TPSA) is 62.7 Å². The minimum absolute atomic E-state index is 0.0355. The summed E-state index contributed by atoms with van der Waals surface area (Å²) >= 11 is 0. The predicted molar refractivity (Wildman–Crippen MR) is 91.0 cm³/mol. The fraction of sp³-hybridized carbons (Fsp3) is 0.706. The highest BCUT2D eigenvalue weighted by Crippen LogP contribution is 2.35. The van der Waals surface area contributed by atoms with Gasteiger partial charge >= 0.3 is 0 Å². The molecule has 0 bridgehead atoms. The molecular formula is C17H25N3O3S. The molecule has 4 rings (SSSR count). The molecule has 2 aliphatic heterocycles. The Labute approximate surface area is 143 Å². The normalized spacial score (nSPS) is 29.4. The van der Waals surface area contributed by atoms with E-state index in [1.165, 1.54) is 5.56 Å². The molecule has 0 N–H and O–H groups in total. The maximum absolute atomic E-state index is 12.8. The molecule has 24 heavy (non-hydrogen) atoms. The molecule has 2 atom stereocenters. The maximum atomic E-state index is 12.8. The lowest BCUT2D eigenvalue weighted by Gasteiger charge is -2.46. The van der Waals surface area contributed by atoms with Crippen molar-refractivity contribution in [2.45, 2.75) is 50.1 Å². The van der Waals surface area contributed by atoms with Crippen molar-refractivity contribution in [1.29, 1.82) is 0 Å². The molecule has 0 radical (unpaired) electrons. The van der Waals surface area contributed by atoms with Crippen molar-refractivity contribution in [2.75, 3.05) is 26.2 Å². The highest BCUT2D eigenvalue weighted by atomic mass is 32.2. The minimum atomic E-state index is -3.15. The Morgan fingerprint density at radius 1 is 1.29 bits per heavy atom.